The number of aromatic amines is 1. The number of likely N-dealkylation sites (N-methyl/N-ethyl adjacent to an activating group) is 1. The zero-order valence-corrected chi connectivity index (χ0v) is 11.2. The molecule has 0 fully saturated rings. The van der Waals surface area contributed by atoms with Gasteiger partial charge in [0.25, 0.3) is 0 Å². The molecule has 20 heavy (non-hydrogen) atoms. The maximum absolute atomic E-state index is 11.0. The summed E-state index contributed by atoms with van der Waals surface area (Å²) in [4.78, 5) is 12.8. The van der Waals surface area contributed by atoms with Gasteiger partial charge in [0.1, 0.15) is 5.69 Å². The highest BCUT2D eigenvalue weighted by Crippen LogP contribution is 2.15. The fourth-order valence-corrected chi connectivity index (χ4v) is 2.05. The van der Waals surface area contributed by atoms with Crippen molar-refractivity contribution in [1.82, 2.24) is 15.1 Å². The van der Waals surface area contributed by atoms with Crippen LogP contribution >= 0.6 is 0 Å². The summed E-state index contributed by atoms with van der Waals surface area (Å²) in [5.74, 6) is -1.03. The Kier molecular flexibility index (Phi) is 4.49. The highest BCUT2D eigenvalue weighted by atomic mass is 16.4. The second kappa shape index (κ2) is 6.31. The van der Waals surface area contributed by atoms with Gasteiger partial charge < -0.3 is 10.2 Å². The number of aromatic nitrogens is 2. The molecule has 0 saturated carbocycles. The lowest BCUT2D eigenvalue weighted by atomic mass is 10.1. The molecule has 1 aromatic carbocycles. The number of rotatable bonds is 6. The maximum atomic E-state index is 11.0. The highest BCUT2D eigenvalue weighted by Gasteiger charge is 2.16. The molecule has 0 bridgehead atoms. The molecule has 0 radical (unpaired) electrons. The number of aliphatic hydroxyl groups is 1. The van der Waals surface area contributed by atoms with Crippen molar-refractivity contribution in [3.63, 3.8) is 0 Å². The summed E-state index contributed by atoms with van der Waals surface area (Å²) in [6, 6.07) is 9.36. The van der Waals surface area contributed by atoms with Gasteiger partial charge in [-0.05, 0) is 12.6 Å². The molecular formula is C14H17N3O3. The smallest absolute Gasteiger partial charge is 0.354 e. The molecule has 0 amide bonds. The zero-order valence-electron chi connectivity index (χ0n) is 11.2. The molecule has 3 N–H and O–H groups in total. The number of benzene rings is 1. The third kappa shape index (κ3) is 3.43. The second-order valence-corrected chi connectivity index (χ2v) is 4.70. The maximum Gasteiger partial charge on any atom is 0.354 e. The number of carboxylic acids is 1. The van der Waals surface area contributed by atoms with Crippen LogP contribution in [0.5, 0.6) is 0 Å². The lowest BCUT2D eigenvalue weighted by Crippen LogP contribution is -2.24. The minimum absolute atomic E-state index is 0.0889. The zero-order chi connectivity index (χ0) is 14.5. The predicted molar refractivity (Wildman–Crippen MR) is 73.3 cm³/mol. The standard InChI is InChI=1S/C14H17N3O3/c1-17(8-11-7-15-16-13(11)14(19)20)9-12(18)10-5-3-2-4-6-10/h2-7,12,18H,8-9H2,1H3,(H,15,16)(H,19,20). The fraction of sp³-hybridized carbons (Fsp3) is 0.286. The summed E-state index contributed by atoms with van der Waals surface area (Å²) >= 11 is 0. The predicted octanol–water partition coefficient (Wildman–Crippen LogP) is 1.27. The molecule has 1 atom stereocenters. The fourth-order valence-electron chi connectivity index (χ4n) is 2.05. The van der Waals surface area contributed by atoms with E-state index in [4.69, 9.17) is 5.11 Å². The Morgan fingerprint density at radius 1 is 1.40 bits per heavy atom. The first kappa shape index (κ1) is 14.2. The first-order valence-corrected chi connectivity index (χ1v) is 6.25. The van der Waals surface area contributed by atoms with Crippen molar-refractivity contribution in [2.45, 2.75) is 12.6 Å². The highest BCUT2D eigenvalue weighted by molar-refractivity contribution is 5.86. The second-order valence-electron chi connectivity index (χ2n) is 4.70. The van der Waals surface area contributed by atoms with Gasteiger partial charge in [-0.1, -0.05) is 30.3 Å². The van der Waals surface area contributed by atoms with Gasteiger partial charge >= 0.3 is 5.97 Å². The molecule has 0 aliphatic heterocycles. The molecule has 1 unspecified atom stereocenters. The molecular weight excluding hydrogens is 258 g/mol. The van der Waals surface area contributed by atoms with Crippen molar-refractivity contribution in [3.8, 4) is 0 Å². The molecule has 1 aromatic heterocycles. The number of nitrogens with one attached hydrogen (secondary N) is 1. The first-order chi connectivity index (χ1) is 9.58. The monoisotopic (exact) mass is 275 g/mol. The van der Waals surface area contributed by atoms with E-state index < -0.39 is 12.1 Å². The minimum Gasteiger partial charge on any atom is -0.477 e. The van der Waals surface area contributed by atoms with Crippen LogP contribution in [0.4, 0.5) is 0 Å². The van der Waals surface area contributed by atoms with Crippen LogP contribution in [0, 0.1) is 0 Å². The molecule has 2 aromatic rings. The van der Waals surface area contributed by atoms with Gasteiger partial charge in [0, 0.05) is 18.7 Å². The Morgan fingerprint density at radius 3 is 2.75 bits per heavy atom. The average Bonchev–Trinajstić information content (AvgIpc) is 2.87. The molecule has 0 aliphatic rings. The Hall–Kier alpha value is -2.18. The SMILES string of the molecule is CN(Cc1cn[nH]c1C(=O)O)CC(O)c1ccccc1. The lowest BCUT2D eigenvalue weighted by Gasteiger charge is -2.20. The number of carbonyl (C=O) groups is 1. The summed E-state index contributed by atoms with van der Waals surface area (Å²) in [6.45, 7) is 0.816. The van der Waals surface area contributed by atoms with Gasteiger partial charge in [-0.2, -0.15) is 5.10 Å². The van der Waals surface area contributed by atoms with Crippen molar-refractivity contribution >= 4 is 5.97 Å². The number of nitrogens with zero attached hydrogens (tertiary/aromatic N) is 2. The molecule has 0 spiro atoms. The van der Waals surface area contributed by atoms with Gasteiger partial charge in [0.15, 0.2) is 0 Å². The minimum atomic E-state index is -1.03. The third-order valence-electron chi connectivity index (χ3n) is 3.04. The first-order valence-electron chi connectivity index (χ1n) is 6.25. The van der Waals surface area contributed by atoms with Gasteiger partial charge in [-0.15, -0.1) is 0 Å². The van der Waals surface area contributed by atoms with E-state index in [1.54, 1.807) is 0 Å². The van der Waals surface area contributed by atoms with Crippen molar-refractivity contribution in [3.05, 3.63) is 53.3 Å². The molecule has 0 aliphatic carbocycles. The Morgan fingerprint density at radius 2 is 2.10 bits per heavy atom. The van der Waals surface area contributed by atoms with E-state index in [0.717, 1.165) is 5.56 Å². The Bertz CT molecular complexity index is 568. The molecule has 2 rings (SSSR count). The van der Waals surface area contributed by atoms with E-state index in [9.17, 15) is 9.90 Å². The summed E-state index contributed by atoms with van der Waals surface area (Å²) in [6.07, 6.45) is 0.885. The number of aromatic carboxylic acids is 1. The van der Waals surface area contributed by atoms with Crippen LogP contribution in [0.1, 0.15) is 27.7 Å². The Balaban J connectivity index is 1.97. The van der Waals surface area contributed by atoms with Crippen LogP contribution in [0.15, 0.2) is 36.5 Å². The third-order valence-corrected chi connectivity index (χ3v) is 3.04. The van der Waals surface area contributed by atoms with Crippen LogP contribution in [0.3, 0.4) is 0 Å². The molecule has 1 heterocycles. The average molecular weight is 275 g/mol. The number of carboxylic acid groups (broad SMARTS) is 1. The van der Waals surface area contributed by atoms with Crippen molar-refractivity contribution < 1.29 is 15.0 Å². The van der Waals surface area contributed by atoms with E-state index in [-0.39, 0.29) is 5.69 Å². The van der Waals surface area contributed by atoms with Gasteiger partial charge in [-0.25, -0.2) is 4.79 Å². The largest absolute Gasteiger partial charge is 0.477 e. The van der Waals surface area contributed by atoms with E-state index in [2.05, 4.69) is 10.2 Å². The number of aliphatic hydroxyl groups excluding tert-OH is 1. The molecule has 106 valence electrons. The quantitative estimate of drug-likeness (QED) is 0.738. The molecule has 0 saturated heterocycles. The van der Waals surface area contributed by atoms with Crippen molar-refractivity contribution in [1.29, 1.82) is 0 Å². The van der Waals surface area contributed by atoms with Gasteiger partial charge in [0.05, 0.1) is 12.3 Å². The molecule has 6 heteroatoms. The van der Waals surface area contributed by atoms with E-state index >= 15 is 0 Å². The number of hydrogen-bond donors (Lipinski definition) is 3. The van der Waals surface area contributed by atoms with Crippen LogP contribution in [-0.4, -0.2) is 44.9 Å². The van der Waals surface area contributed by atoms with Crippen LogP contribution < -0.4 is 0 Å². The molecule has 6 nitrogen and oxygen atoms in total. The van der Waals surface area contributed by atoms with Crippen molar-refractivity contribution in [2.75, 3.05) is 13.6 Å². The topological polar surface area (TPSA) is 89.5 Å². The van der Waals surface area contributed by atoms with Crippen LogP contribution in [0.2, 0.25) is 0 Å². The van der Waals surface area contributed by atoms with Crippen molar-refractivity contribution in [2.24, 2.45) is 0 Å². The number of hydrogen-bond acceptors (Lipinski definition) is 4. The normalized spacial score (nSPS) is 12.6. The van der Waals surface area contributed by atoms with E-state index in [1.807, 2.05) is 42.3 Å². The summed E-state index contributed by atoms with van der Waals surface area (Å²) in [5, 5.41) is 25.3. The summed E-state index contributed by atoms with van der Waals surface area (Å²) < 4.78 is 0. The van der Waals surface area contributed by atoms with Gasteiger partial charge in [0.2, 0.25) is 0 Å². The lowest BCUT2D eigenvalue weighted by molar-refractivity contribution is 0.0687. The van der Waals surface area contributed by atoms with Crippen LogP contribution in [-0.2, 0) is 6.54 Å². The summed E-state index contributed by atoms with van der Waals surface area (Å²) in [7, 11) is 1.82. The number of H-pyrrole nitrogens is 1. The van der Waals surface area contributed by atoms with E-state index in [0.29, 0.717) is 18.7 Å². The van der Waals surface area contributed by atoms with E-state index in [1.165, 1.54) is 6.20 Å². The van der Waals surface area contributed by atoms with Gasteiger partial charge in [-0.3, -0.25) is 10.00 Å². The van der Waals surface area contributed by atoms with Crippen LogP contribution in [0.25, 0.3) is 0 Å². The summed E-state index contributed by atoms with van der Waals surface area (Å²) in [5.41, 5.74) is 1.52. The Labute approximate surface area is 116 Å².